The van der Waals surface area contributed by atoms with Crippen LogP contribution < -0.4 is 0 Å². The summed E-state index contributed by atoms with van der Waals surface area (Å²) in [6.07, 6.45) is 6.75. The molecule has 0 aliphatic heterocycles. The molecule has 0 aliphatic rings. The fraction of sp³-hybridized carbons (Fsp3) is 0.444. The van der Waals surface area contributed by atoms with Crippen LogP contribution in [0.3, 0.4) is 0 Å². The van der Waals surface area contributed by atoms with Crippen molar-refractivity contribution in [3.63, 3.8) is 0 Å². The van der Waals surface area contributed by atoms with E-state index in [1.807, 2.05) is 0 Å². The molecule has 0 heterocycles. The van der Waals surface area contributed by atoms with Crippen LogP contribution in [0.2, 0.25) is 0 Å². The molecule has 0 N–H and O–H groups in total. The Bertz CT molecular complexity index is 134. The molecule has 0 aliphatic carbocycles. The van der Waals surface area contributed by atoms with Crippen molar-refractivity contribution in [1.29, 1.82) is 0 Å². The van der Waals surface area contributed by atoms with Crippen LogP contribution in [0.4, 0.5) is 0 Å². The molecule has 0 aromatic heterocycles. The van der Waals surface area contributed by atoms with E-state index in [0.717, 1.165) is 12.1 Å². The van der Waals surface area contributed by atoms with Gasteiger partial charge in [0.15, 0.2) is 0 Å². The van der Waals surface area contributed by atoms with Crippen LogP contribution in [-0.4, -0.2) is 5.71 Å². The van der Waals surface area contributed by atoms with Crippen molar-refractivity contribution in [3.8, 4) is 0 Å². The number of allylic oxidation sites excluding steroid dienone is 1. The van der Waals surface area contributed by atoms with Crippen molar-refractivity contribution in [1.82, 2.24) is 0 Å². The van der Waals surface area contributed by atoms with Crippen molar-refractivity contribution in [2.45, 2.75) is 26.2 Å². The number of rotatable bonds is 5. The largest absolute Gasteiger partial charge is 0.262 e. The van der Waals surface area contributed by atoms with Gasteiger partial charge in [-0.1, -0.05) is 26.5 Å². The molecular formula is C9H15N. The number of hydrogen-bond acceptors (Lipinski definition) is 1. The second kappa shape index (κ2) is 6.27. The van der Waals surface area contributed by atoms with E-state index in [-0.39, 0.29) is 0 Å². The molecule has 0 rings (SSSR count). The van der Waals surface area contributed by atoms with Crippen LogP contribution in [0.25, 0.3) is 0 Å². The molecule has 0 aromatic carbocycles. The summed E-state index contributed by atoms with van der Waals surface area (Å²) in [5, 5.41) is 0. The predicted molar refractivity (Wildman–Crippen MR) is 47.4 cm³/mol. The van der Waals surface area contributed by atoms with Crippen LogP contribution in [0.5, 0.6) is 0 Å². The molecule has 0 atom stereocenters. The average Bonchev–Trinajstić information content (AvgIpc) is 1.98. The first kappa shape index (κ1) is 9.15. The maximum atomic E-state index is 4.04. The van der Waals surface area contributed by atoms with E-state index < -0.39 is 0 Å². The Morgan fingerprint density at radius 2 is 2.20 bits per heavy atom. The van der Waals surface area contributed by atoms with Gasteiger partial charge in [-0.15, -0.1) is 0 Å². The molecule has 0 aromatic rings. The predicted octanol–water partition coefficient (Wildman–Crippen LogP) is 2.95. The second-order valence-corrected chi connectivity index (χ2v) is 2.11. The Morgan fingerprint density at radius 3 is 2.60 bits per heavy atom. The Morgan fingerprint density at radius 1 is 1.50 bits per heavy atom. The van der Waals surface area contributed by atoms with Gasteiger partial charge in [-0.05, 0) is 18.9 Å². The summed E-state index contributed by atoms with van der Waals surface area (Å²) >= 11 is 0. The molecule has 0 amide bonds. The topological polar surface area (TPSA) is 12.4 Å². The monoisotopic (exact) mass is 137 g/mol. The number of aliphatic imine (C=N–C) groups is 1. The van der Waals surface area contributed by atoms with Gasteiger partial charge in [0, 0.05) is 11.9 Å². The molecule has 0 fully saturated rings. The van der Waals surface area contributed by atoms with E-state index >= 15 is 0 Å². The number of unbranched alkanes of at least 4 members (excludes halogenated alkanes) is 1. The lowest BCUT2D eigenvalue weighted by Gasteiger charge is -1.95. The van der Waals surface area contributed by atoms with Gasteiger partial charge in [0.2, 0.25) is 0 Å². The lowest BCUT2D eigenvalue weighted by Crippen LogP contribution is -1.90. The van der Waals surface area contributed by atoms with Gasteiger partial charge in [0.1, 0.15) is 0 Å². The van der Waals surface area contributed by atoms with Crippen molar-refractivity contribution in [2.75, 3.05) is 0 Å². The van der Waals surface area contributed by atoms with Crippen LogP contribution in [0.15, 0.2) is 30.4 Å². The molecule has 1 nitrogen and oxygen atoms in total. The fourth-order valence-corrected chi connectivity index (χ4v) is 0.694. The summed E-state index contributed by atoms with van der Waals surface area (Å²) in [4.78, 5) is 4.04. The maximum Gasteiger partial charge on any atom is 0.0397 e. The lowest BCUT2D eigenvalue weighted by atomic mass is 10.2. The van der Waals surface area contributed by atoms with E-state index in [2.05, 4.69) is 25.1 Å². The van der Waals surface area contributed by atoms with Crippen molar-refractivity contribution < 1.29 is 0 Å². The normalized spacial score (nSPS) is 11.1. The standard InChI is InChI=1S/C9H15N/c1-4-7-8-9(5-2)10-6-3/h5-6H,2-4,7-8H2,1H3. The van der Waals surface area contributed by atoms with Crippen LogP contribution >= 0.6 is 0 Å². The van der Waals surface area contributed by atoms with Crippen LogP contribution in [-0.2, 0) is 0 Å². The van der Waals surface area contributed by atoms with E-state index in [0.29, 0.717) is 0 Å². The minimum atomic E-state index is 1.02. The highest BCUT2D eigenvalue weighted by Crippen LogP contribution is 1.97. The first-order valence-electron chi connectivity index (χ1n) is 3.65. The summed E-state index contributed by atoms with van der Waals surface area (Å²) in [6.45, 7) is 9.34. The summed E-state index contributed by atoms with van der Waals surface area (Å²) in [5.41, 5.74) is 1.04. The summed E-state index contributed by atoms with van der Waals surface area (Å²) in [6, 6.07) is 0. The van der Waals surface area contributed by atoms with Crippen LogP contribution in [0.1, 0.15) is 26.2 Å². The molecule has 0 saturated carbocycles. The highest BCUT2D eigenvalue weighted by molar-refractivity contribution is 5.94. The first-order valence-corrected chi connectivity index (χ1v) is 3.65. The number of nitrogens with zero attached hydrogens (tertiary/aromatic N) is 1. The zero-order valence-electron chi connectivity index (χ0n) is 6.64. The van der Waals surface area contributed by atoms with E-state index in [1.54, 1.807) is 12.3 Å². The van der Waals surface area contributed by atoms with Gasteiger partial charge in [0.05, 0.1) is 0 Å². The van der Waals surface area contributed by atoms with E-state index in [9.17, 15) is 0 Å². The average molecular weight is 137 g/mol. The van der Waals surface area contributed by atoms with Gasteiger partial charge in [0.25, 0.3) is 0 Å². The molecule has 10 heavy (non-hydrogen) atoms. The van der Waals surface area contributed by atoms with Gasteiger partial charge >= 0.3 is 0 Å². The summed E-state index contributed by atoms with van der Waals surface area (Å²) in [7, 11) is 0. The molecule has 0 radical (unpaired) electrons. The smallest absolute Gasteiger partial charge is 0.0397 e. The Balaban J connectivity index is 3.70. The molecule has 0 bridgehead atoms. The molecule has 56 valence electrons. The van der Waals surface area contributed by atoms with Crippen molar-refractivity contribution in [3.05, 3.63) is 25.4 Å². The minimum Gasteiger partial charge on any atom is -0.262 e. The Hall–Kier alpha value is -0.850. The third kappa shape index (κ3) is 4.07. The highest BCUT2D eigenvalue weighted by atomic mass is 14.7. The Labute approximate surface area is 63.2 Å². The molecule has 0 saturated heterocycles. The first-order chi connectivity index (χ1) is 4.85. The van der Waals surface area contributed by atoms with E-state index in [1.165, 1.54) is 12.8 Å². The fourth-order valence-electron chi connectivity index (χ4n) is 0.694. The van der Waals surface area contributed by atoms with Crippen LogP contribution in [0, 0.1) is 0 Å². The quantitative estimate of drug-likeness (QED) is 0.516. The highest BCUT2D eigenvalue weighted by Gasteiger charge is 1.89. The van der Waals surface area contributed by atoms with Crippen molar-refractivity contribution in [2.24, 2.45) is 4.99 Å². The number of hydrogen-bond donors (Lipinski definition) is 0. The van der Waals surface area contributed by atoms with Gasteiger partial charge in [-0.3, -0.25) is 4.99 Å². The minimum absolute atomic E-state index is 1.02. The zero-order chi connectivity index (χ0) is 7.82. The van der Waals surface area contributed by atoms with Gasteiger partial charge in [-0.2, -0.15) is 0 Å². The molecular weight excluding hydrogens is 122 g/mol. The molecule has 1 heteroatoms. The maximum absolute atomic E-state index is 4.04. The van der Waals surface area contributed by atoms with Crippen molar-refractivity contribution >= 4 is 5.71 Å². The summed E-state index contributed by atoms with van der Waals surface area (Å²) in [5.74, 6) is 0. The van der Waals surface area contributed by atoms with E-state index in [4.69, 9.17) is 0 Å². The lowest BCUT2D eigenvalue weighted by molar-refractivity contribution is 0.836. The third-order valence-electron chi connectivity index (χ3n) is 1.28. The second-order valence-electron chi connectivity index (χ2n) is 2.11. The van der Waals surface area contributed by atoms with Gasteiger partial charge in [-0.25, -0.2) is 0 Å². The van der Waals surface area contributed by atoms with Gasteiger partial charge < -0.3 is 0 Å². The molecule has 0 unspecified atom stereocenters. The summed E-state index contributed by atoms with van der Waals surface area (Å²) < 4.78 is 0. The third-order valence-corrected chi connectivity index (χ3v) is 1.28. The zero-order valence-corrected chi connectivity index (χ0v) is 6.64. The Kier molecular flexibility index (Phi) is 5.74. The molecule has 0 spiro atoms. The SMILES string of the molecule is C=CN=C(C=C)CCCC.